The highest BCUT2D eigenvalue weighted by Gasteiger charge is 2.02. The fourth-order valence-corrected chi connectivity index (χ4v) is 1.95. The summed E-state index contributed by atoms with van der Waals surface area (Å²) in [7, 11) is 0. The zero-order valence-electron chi connectivity index (χ0n) is 12.5. The number of para-hydroxylation sites is 1. The van der Waals surface area contributed by atoms with E-state index in [2.05, 4.69) is 14.9 Å². The Morgan fingerprint density at radius 3 is 2.86 bits per heavy atom. The quantitative estimate of drug-likeness (QED) is 0.683. The topological polar surface area (TPSA) is 48.3 Å². The molecular formula is C16H23N3O2. The minimum Gasteiger partial charge on any atom is -0.492 e. The summed E-state index contributed by atoms with van der Waals surface area (Å²) < 4.78 is 13.1. The van der Waals surface area contributed by atoms with E-state index in [0.29, 0.717) is 6.61 Å². The molecule has 0 unspecified atom stereocenters. The molecule has 1 aromatic heterocycles. The summed E-state index contributed by atoms with van der Waals surface area (Å²) in [5.41, 5.74) is 0. The first kappa shape index (κ1) is 15.4. The van der Waals surface area contributed by atoms with E-state index in [1.165, 1.54) is 0 Å². The third kappa shape index (κ3) is 5.47. The third-order valence-electron chi connectivity index (χ3n) is 3.01. The Labute approximate surface area is 125 Å². The van der Waals surface area contributed by atoms with Crippen molar-refractivity contribution in [3.63, 3.8) is 0 Å². The van der Waals surface area contributed by atoms with Gasteiger partial charge in [-0.2, -0.15) is 0 Å². The van der Waals surface area contributed by atoms with E-state index in [4.69, 9.17) is 9.47 Å². The highest BCUT2D eigenvalue weighted by atomic mass is 16.5. The van der Waals surface area contributed by atoms with Crippen LogP contribution in [0.5, 0.6) is 5.75 Å². The van der Waals surface area contributed by atoms with Gasteiger partial charge in [-0.25, -0.2) is 4.98 Å². The number of anilines is 1. The average molecular weight is 289 g/mol. The molecule has 1 N–H and O–H groups in total. The first-order valence-corrected chi connectivity index (χ1v) is 7.40. The Balaban J connectivity index is 1.70. The fourth-order valence-electron chi connectivity index (χ4n) is 1.95. The van der Waals surface area contributed by atoms with Crippen molar-refractivity contribution in [1.29, 1.82) is 0 Å². The second-order valence-corrected chi connectivity index (χ2v) is 4.58. The van der Waals surface area contributed by atoms with Crippen molar-refractivity contribution in [2.24, 2.45) is 0 Å². The van der Waals surface area contributed by atoms with Crippen molar-refractivity contribution in [3.05, 3.63) is 42.7 Å². The smallest absolute Gasteiger partial charge is 0.202 e. The molecule has 0 saturated carbocycles. The van der Waals surface area contributed by atoms with Gasteiger partial charge in [-0.15, -0.1) is 0 Å². The maximum absolute atomic E-state index is 5.70. The van der Waals surface area contributed by atoms with Crippen LogP contribution in [-0.4, -0.2) is 35.9 Å². The normalized spacial score (nSPS) is 10.5. The molecule has 1 aromatic carbocycles. The van der Waals surface area contributed by atoms with Gasteiger partial charge in [-0.1, -0.05) is 18.2 Å². The Morgan fingerprint density at radius 1 is 1.19 bits per heavy atom. The largest absolute Gasteiger partial charge is 0.492 e. The van der Waals surface area contributed by atoms with Gasteiger partial charge in [0.05, 0.1) is 6.54 Å². The summed E-state index contributed by atoms with van der Waals surface area (Å²) >= 11 is 0. The minimum absolute atomic E-state index is 0.619. The molecule has 0 saturated heterocycles. The molecule has 21 heavy (non-hydrogen) atoms. The first-order valence-electron chi connectivity index (χ1n) is 7.40. The molecular weight excluding hydrogens is 266 g/mol. The van der Waals surface area contributed by atoms with Crippen LogP contribution in [0.15, 0.2) is 42.7 Å². The zero-order valence-corrected chi connectivity index (χ0v) is 12.5. The number of hydrogen-bond acceptors (Lipinski definition) is 4. The monoisotopic (exact) mass is 289 g/mol. The Hall–Kier alpha value is -2.01. The third-order valence-corrected chi connectivity index (χ3v) is 3.01. The van der Waals surface area contributed by atoms with E-state index in [-0.39, 0.29) is 0 Å². The summed E-state index contributed by atoms with van der Waals surface area (Å²) in [5.74, 6) is 1.77. The lowest BCUT2D eigenvalue weighted by Crippen LogP contribution is -2.13. The van der Waals surface area contributed by atoms with Crippen LogP contribution >= 0.6 is 0 Å². The van der Waals surface area contributed by atoms with Gasteiger partial charge in [0, 0.05) is 32.2 Å². The predicted molar refractivity (Wildman–Crippen MR) is 83.8 cm³/mol. The molecule has 1 heterocycles. The highest BCUT2D eigenvalue weighted by molar-refractivity contribution is 5.25. The number of hydrogen-bond donors (Lipinski definition) is 1. The molecule has 0 spiro atoms. The van der Waals surface area contributed by atoms with Crippen LogP contribution < -0.4 is 10.1 Å². The number of nitrogens with one attached hydrogen (secondary N) is 1. The predicted octanol–water partition coefficient (Wildman–Crippen LogP) is 2.80. The number of benzene rings is 1. The van der Waals surface area contributed by atoms with Gasteiger partial charge in [0.25, 0.3) is 0 Å². The van der Waals surface area contributed by atoms with Gasteiger partial charge in [0.1, 0.15) is 12.4 Å². The van der Waals surface area contributed by atoms with E-state index in [9.17, 15) is 0 Å². The molecule has 0 fully saturated rings. The van der Waals surface area contributed by atoms with E-state index in [1.807, 2.05) is 43.5 Å². The van der Waals surface area contributed by atoms with Gasteiger partial charge in [0.2, 0.25) is 5.95 Å². The molecule has 2 rings (SSSR count). The Morgan fingerprint density at radius 2 is 2.05 bits per heavy atom. The number of imidazole rings is 1. The molecule has 0 amide bonds. The second kappa shape index (κ2) is 9.02. The van der Waals surface area contributed by atoms with Gasteiger partial charge >= 0.3 is 0 Å². The number of rotatable bonds is 10. The Bertz CT molecular complexity index is 499. The molecule has 114 valence electrons. The summed E-state index contributed by atoms with van der Waals surface area (Å²) in [4.78, 5) is 4.32. The summed E-state index contributed by atoms with van der Waals surface area (Å²) in [6.45, 7) is 5.80. The summed E-state index contributed by atoms with van der Waals surface area (Å²) in [5, 5.41) is 3.32. The molecule has 0 aliphatic carbocycles. The number of nitrogens with zero attached hydrogens (tertiary/aromatic N) is 2. The van der Waals surface area contributed by atoms with Crippen LogP contribution in [0.3, 0.4) is 0 Å². The standard InChI is InChI=1S/C16H23N3O2/c1-2-20-13-6-9-17-16-18-10-11-19(16)12-14-21-15-7-4-3-5-8-15/h3-5,7-8,10-11H,2,6,9,12-14H2,1H3,(H,17,18). The van der Waals surface area contributed by atoms with Crippen LogP contribution in [0.1, 0.15) is 13.3 Å². The first-order chi connectivity index (χ1) is 10.4. The molecule has 5 nitrogen and oxygen atoms in total. The summed E-state index contributed by atoms with van der Waals surface area (Å²) in [6, 6.07) is 9.84. The van der Waals surface area contributed by atoms with Crippen LogP contribution in [0.25, 0.3) is 0 Å². The van der Waals surface area contributed by atoms with E-state index < -0.39 is 0 Å². The van der Waals surface area contributed by atoms with Crippen LogP contribution in [0.2, 0.25) is 0 Å². The SMILES string of the molecule is CCOCCCNc1nccn1CCOc1ccccc1. The van der Waals surface area contributed by atoms with Gasteiger partial charge in [-0.05, 0) is 25.5 Å². The van der Waals surface area contributed by atoms with Gasteiger partial charge in [-0.3, -0.25) is 0 Å². The van der Waals surface area contributed by atoms with E-state index in [1.54, 1.807) is 6.20 Å². The molecule has 0 aliphatic heterocycles. The van der Waals surface area contributed by atoms with Gasteiger partial charge < -0.3 is 19.4 Å². The number of ether oxygens (including phenoxy) is 2. The average Bonchev–Trinajstić information content (AvgIpc) is 2.96. The van der Waals surface area contributed by atoms with Gasteiger partial charge in [0.15, 0.2) is 0 Å². The molecule has 0 aliphatic rings. The lowest BCUT2D eigenvalue weighted by Gasteiger charge is -2.11. The van der Waals surface area contributed by atoms with E-state index in [0.717, 1.165) is 44.4 Å². The van der Waals surface area contributed by atoms with Crippen LogP contribution in [0, 0.1) is 0 Å². The van der Waals surface area contributed by atoms with E-state index >= 15 is 0 Å². The lowest BCUT2D eigenvalue weighted by atomic mass is 10.3. The fraction of sp³-hybridized carbons (Fsp3) is 0.438. The molecule has 5 heteroatoms. The van der Waals surface area contributed by atoms with Crippen molar-refractivity contribution in [1.82, 2.24) is 9.55 Å². The maximum Gasteiger partial charge on any atom is 0.202 e. The van der Waals surface area contributed by atoms with Crippen molar-refractivity contribution >= 4 is 5.95 Å². The minimum atomic E-state index is 0.619. The molecule has 0 radical (unpaired) electrons. The summed E-state index contributed by atoms with van der Waals surface area (Å²) in [6.07, 6.45) is 4.73. The van der Waals surface area contributed by atoms with Crippen molar-refractivity contribution in [3.8, 4) is 5.75 Å². The van der Waals surface area contributed by atoms with Crippen molar-refractivity contribution < 1.29 is 9.47 Å². The molecule has 0 bridgehead atoms. The molecule has 2 aromatic rings. The number of aromatic nitrogens is 2. The lowest BCUT2D eigenvalue weighted by molar-refractivity contribution is 0.147. The van der Waals surface area contributed by atoms with Crippen molar-refractivity contribution in [2.75, 3.05) is 31.7 Å². The zero-order chi connectivity index (χ0) is 14.8. The van der Waals surface area contributed by atoms with Crippen LogP contribution in [0.4, 0.5) is 5.95 Å². The van der Waals surface area contributed by atoms with Crippen LogP contribution in [-0.2, 0) is 11.3 Å². The Kier molecular flexibility index (Phi) is 6.61. The maximum atomic E-state index is 5.70. The second-order valence-electron chi connectivity index (χ2n) is 4.58. The molecule has 0 atom stereocenters. The van der Waals surface area contributed by atoms with Crippen molar-refractivity contribution in [2.45, 2.75) is 19.9 Å². The highest BCUT2D eigenvalue weighted by Crippen LogP contribution is 2.09.